The molecule has 1 saturated carbocycles. The topological polar surface area (TPSA) is 117 Å². The van der Waals surface area contributed by atoms with Crippen LogP contribution in [0.25, 0.3) is 16.8 Å². The lowest BCUT2D eigenvalue weighted by atomic mass is 9.72. The maximum Gasteiger partial charge on any atom is 0.217 e. The number of benzene rings is 1. The molecule has 9 nitrogen and oxygen atoms in total. The molecule has 1 amide bonds. The monoisotopic (exact) mass is 564 g/mol. The minimum Gasteiger partial charge on any atom is -0.491 e. The van der Waals surface area contributed by atoms with Gasteiger partial charge in [-0.15, -0.1) is 0 Å². The fourth-order valence-electron chi connectivity index (χ4n) is 5.79. The van der Waals surface area contributed by atoms with Crippen LogP contribution in [0.15, 0.2) is 48.9 Å². The Kier molecular flexibility index (Phi) is 8.55. The van der Waals surface area contributed by atoms with E-state index in [9.17, 15) is 4.79 Å². The predicted molar refractivity (Wildman–Crippen MR) is 149 cm³/mol. The Morgan fingerprint density at radius 1 is 1.15 bits per heavy atom. The van der Waals surface area contributed by atoms with Gasteiger partial charge in [-0.05, 0) is 54.0 Å². The Balaban J connectivity index is 1.42. The molecule has 1 aromatic carbocycles. The van der Waals surface area contributed by atoms with Crippen molar-refractivity contribution in [3.05, 3.63) is 77.5 Å². The first kappa shape index (κ1) is 28.6. The van der Waals surface area contributed by atoms with Crippen LogP contribution in [-0.2, 0) is 16.0 Å². The van der Waals surface area contributed by atoms with E-state index in [0.717, 1.165) is 36.1 Å². The molecule has 0 radical (unpaired) electrons. The van der Waals surface area contributed by atoms with Crippen molar-refractivity contribution < 1.29 is 23.0 Å². The van der Waals surface area contributed by atoms with Crippen LogP contribution in [0.4, 0.5) is 8.78 Å². The van der Waals surface area contributed by atoms with E-state index in [1.807, 2.05) is 12.3 Å². The van der Waals surface area contributed by atoms with E-state index in [0.29, 0.717) is 24.4 Å². The number of carbonyl (C=O) groups is 1. The lowest BCUT2D eigenvalue weighted by Gasteiger charge is -2.39. The molecule has 3 N–H and O–H groups in total. The fourth-order valence-corrected chi connectivity index (χ4v) is 5.79. The molecule has 1 aliphatic rings. The summed E-state index contributed by atoms with van der Waals surface area (Å²) in [4.78, 5) is 20.6. The number of pyridine rings is 1. The molecule has 41 heavy (non-hydrogen) atoms. The van der Waals surface area contributed by atoms with Gasteiger partial charge in [-0.3, -0.25) is 9.78 Å². The summed E-state index contributed by atoms with van der Waals surface area (Å²) in [6, 6.07) is 7.35. The second kappa shape index (κ2) is 12.3. The largest absolute Gasteiger partial charge is 0.491 e. The molecule has 1 aliphatic carbocycles. The summed E-state index contributed by atoms with van der Waals surface area (Å²) >= 11 is 0. The van der Waals surface area contributed by atoms with Crippen molar-refractivity contribution in [3.63, 3.8) is 0 Å². The zero-order valence-corrected chi connectivity index (χ0v) is 23.3. The predicted octanol–water partition coefficient (Wildman–Crippen LogP) is 4.03. The molecule has 0 aliphatic heterocycles. The van der Waals surface area contributed by atoms with Crippen LogP contribution in [0.2, 0.25) is 0 Å². The highest BCUT2D eigenvalue weighted by Crippen LogP contribution is 2.37. The first-order chi connectivity index (χ1) is 19.7. The van der Waals surface area contributed by atoms with Crippen LogP contribution in [0.3, 0.4) is 0 Å². The third-order valence-corrected chi connectivity index (χ3v) is 7.67. The lowest BCUT2D eigenvalue weighted by Crippen LogP contribution is -2.54. The standard InChI is InChI=1S/C30H34F2N6O3/c1-17-10-19(11-26(33)30(17)36-18(2)39)23-6-7-34-15-20(23)12-28-35-16-21-4-5-27(37-38(21)28)29-24(31)13-22(14-25(29)32)41-9-8-40-3/h4-7,13-17,19,26,30H,8-12,33H2,1-3H3,(H,36,39)/t17-,19+,26+,30-/m0/s1. The molecule has 11 heteroatoms. The molecular formula is C30H34F2N6O3. The van der Waals surface area contributed by atoms with Gasteiger partial charge < -0.3 is 20.5 Å². The van der Waals surface area contributed by atoms with E-state index in [1.54, 1.807) is 29.0 Å². The summed E-state index contributed by atoms with van der Waals surface area (Å²) in [6.07, 6.45) is 7.27. The number of rotatable bonds is 9. The van der Waals surface area contributed by atoms with Gasteiger partial charge in [-0.2, -0.15) is 5.10 Å². The molecule has 1 fully saturated rings. The Labute approximate surface area is 237 Å². The van der Waals surface area contributed by atoms with E-state index in [-0.39, 0.29) is 53.4 Å². The number of hydrogen-bond donors (Lipinski definition) is 2. The number of halogens is 2. The van der Waals surface area contributed by atoms with Gasteiger partial charge >= 0.3 is 0 Å². The summed E-state index contributed by atoms with van der Waals surface area (Å²) in [6.45, 7) is 4.10. The Morgan fingerprint density at radius 3 is 2.63 bits per heavy atom. The van der Waals surface area contributed by atoms with Crippen LogP contribution in [-0.4, -0.2) is 57.9 Å². The van der Waals surface area contributed by atoms with Gasteiger partial charge in [0.15, 0.2) is 0 Å². The first-order valence-corrected chi connectivity index (χ1v) is 13.7. The Bertz CT molecular complexity index is 1510. The number of nitrogens with zero attached hydrogens (tertiary/aromatic N) is 4. The molecule has 4 atom stereocenters. The average molecular weight is 565 g/mol. The third kappa shape index (κ3) is 6.20. The van der Waals surface area contributed by atoms with Gasteiger partial charge in [0.05, 0.1) is 29.6 Å². The Morgan fingerprint density at radius 2 is 1.93 bits per heavy atom. The number of ether oxygens (including phenoxy) is 2. The van der Waals surface area contributed by atoms with E-state index >= 15 is 8.78 Å². The highest BCUT2D eigenvalue weighted by Gasteiger charge is 2.35. The molecular weight excluding hydrogens is 530 g/mol. The van der Waals surface area contributed by atoms with Crippen LogP contribution < -0.4 is 15.8 Å². The molecule has 0 saturated heterocycles. The SMILES string of the molecule is COCCOc1cc(F)c(-c2ccc3cnc(Cc4cnccc4[C@H]4C[C@@H](N)[C@@H](NC(C)=O)[C@@H](C)C4)n3n2)c(F)c1. The van der Waals surface area contributed by atoms with E-state index in [4.69, 9.17) is 15.2 Å². The zero-order valence-electron chi connectivity index (χ0n) is 23.3. The number of methoxy groups -OCH3 is 1. The molecule has 0 bridgehead atoms. The molecule has 0 spiro atoms. The van der Waals surface area contributed by atoms with Crippen molar-refractivity contribution >= 4 is 11.4 Å². The highest BCUT2D eigenvalue weighted by molar-refractivity contribution is 5.73. The number of nitrogens with two attached hydrogens (primary N) is 1. The summed E-state index contributed by atoms with van der Waals surface area (Å²) < 4.78 is 42.0. The highest BCUT2D eigenvalue weighted by atomic mass is 19.1. The second-order valence-corrected chi connectivity index (χ2v) is 10.6. The smallest absolute Gasteiger partial charge is 0.217 e. The number of nitrogens with one attached hydrogen (secondary N) is 1. The van der Waals surface area contributed by atoms with Gasteiger partial charge in [-0.25, -0.2) is 18.3 Å². The average Bonchev–Trinajstić information content (AvgIpc) is 3.32. The Hall–Kier alpha value is -3.96. The summed E-state index contributed by atoms with van der Waals surface area (Å²) in [5.74, 6) is -0.557. The molecule has 216 valence electrons. The number of amides is 1. The van der Waals surface area contributed by atoms with Gasteiger partial charge in [-0.1, -0.05) is 6.92 Å². The van der Waals surface area contributed by atoms with Crippen LogP contribution in [0, 0.1) is 17.6 Å². The molecule has 4 aromatic rings. The van der Waals surface area contributed by atoms with Gasteiger partial charge in [0.2, 0.25) is 5.91 Å². The molecule has 3 heterocycles. The summed E-state index contributed by atoms with van der Waals surface area (Å²) in [5, 5.41) is 7.57. The zero-order chi connectivity index (χ0) is 29.1. The first-order valence-electron chi connectivity index (χ1n) is 13.7. The van der Waals surface area contributed by atoms with Gasteiger partial charge in [0.1, 0.15) is 29.8 Å². The number of carbonyl (C=O) groups excluding carboxylic acids is 1. The normalized spacial score (nSPS) is 20.7. The second-order valence-electron chi connectivity index (χ2n) is 10.6. The van der Waals surface area contributed by atoms with Crippen LogP contribution in [0.5, 0.6) is 5.75 Å². The molecule has 3 aromatic heterocycles. The maximum atomic E-state index is 15.0. The van der Waals surface area contributed by atoms with E-state index < -0.39 is 11.6 Å². The van der Waals surface area contributed by atoms with E-state index in [2.05, 4.69) is 27.3 Å². The minimum absolute atomic E-state index is 0.0697. The van der Waals surface area contributed by atoms with E-state index in [1.165, 1.54) is 14.0 Å². The quantitative estimate of drug-likeness (QED) is 0.295. The van der Waals surface area contributed by atoms with Crippen molar-refractivity contribution in [1.29, 1.82) is 0 Å². The number of imidazole rings is 1. The lowest BCUT2D eigenvalue weighted by molar-refractivity contribution is -0.120. The third-order valence-electron chi connectivity index (χ3n) is 7.67. The van der Waals surface area contributed by atoms with Crippen molar-refractivity contribution in [1.82, 2.24) is 24.9 Å². The summed E-state index contributed by atoms with van der Waals surface area (Å²) in [7, 11) is 1.52. The number of aromatic nitrogens is 4. The van der Waals surface area contributed by atoms with Gasteiger partial charge in [0, 0.05) is 57.1 Å². The van der Waals surface area contributed by atoms with Crippen molar-refractivity contribution in [2.24, 2.45) is 11.7 Å². The number of hydrogen-bond acceptors (Lipinski definition) is 7. The summed E-state index contributed by atoms with van der Waals surface area (Å²) in [5.41, 5.74) is 9.20. The number of fused-ring (bicyclic) bond motifs is 1. The molecule has 0 unspecified atom stereocenters. The van der Waals surface area contributed by atoms with Crippen LogP contribution >= 0.6 is 0 Å². The van der Waals surface area contributed by atoms with Gasteiger partial charge in [0.25, 0.3) is 0 Å². The molecule has 5 rings (SSSR count). The van der Waals surface area contributed by atoms with Crippen LogP contribution in [0.1, 0.15) is 49.6 Å². The van der Waals surface area contributed by atoms with Crippen molar-refractivity contribution in [3.8, 4) is 17.0 Å². The fraction of sp³-hybridized carbons (Fsp3) is 0.400. The van der Waals surface area contributed by atoms with Crippen molar-refractivity contribution in [2.45, 2.75) is 51.1 Å². The maximum absolute atomic E-state index is 15.0. The minimum atomic E-state index is -0.777. The van der Waals surface area contributed by atoms with Crippen molar-refractivity contribution in [2.75, 3.05) is 20.3 Å².